The van der Waals surface area contributed by atoms with Crippen molar-refractivity contribution in [1.82, 2.24) is 0 Å². The van der Waals surface area contributed by atoms with Crippen molar-refractivity contribution < 1.29 is 4.79 Å². The van der Waals surface area contributed by atoms with Gasteiger partial charge in [0, 0.05) is 12.6 Å². The number of nitriles is 1. The minimum Gasteiger partial charge on any atom is -0.398 e. The minimum absolute atomic E-state index is 0.377. The summed E-state index contributed by atoms with van der Waals surface area (Å²) in [5.41, 5.74) is 11.2. The number of nitrogen functional groups attached to an aromatic ring is 1. The number of rotatable bonds is 1. The van der Waals surface area contributed by atoms with Crippen LogP contribution in [-0.4, -0.2) is 5.91 Å². The largest absolute Gasteiger partial charge is 0.398 e. The van der Waals surface area contributed by atoms with E-state index in [1.54, 1.807) is 30.3 Å². The first-order chi connectivity index (χ1) is 6.13. The van der Waals surface area contributed by atoms with Crippen molar-refractivity contribution in [2.24, 2.45) is 5.73 Å². The minimum atomic E-state index is -0.488. The Balaban J connectivity index is 0.000000424. The van der Waals surface area contributed by atoms with E-state index in [1.165, 1.54) is 6.92 Å². The molecule has 0 atom stereocenters. The van der Waals surface area contributed by atoms with Crippen LogP contribution in [0.5, 0.6) is 0 Å². The van der Waals surface area contributed by atoms with Gasteiger partial charge < -0.3 is 11.5 Å². The van der Waals surface area contributed by atoms with Gasteiger partial charge in [0.25, 0.3) is 5.91 Å². The predicted octanol–water partition coefficient (Wildman–Crippen LogP) is 0.898. The number of anilines is 1. The number of amides is 1. The molecule has 4 heteroatoms. The molecule has 0 spiro atoms. The van der Waals surface area contributed by atoms with E-state index in [0.29, 0.717) is 11.3 Å². The molecule has 0 aliphatic carbocycles. The number of hydrogen-bond acceptors (Lipinski definition) is 3. The molecule has 0 saturated heterocycles. The predicted molar refractivity (Wildman–Crippen MR) is 50.7 cm³/mol. The smallest absolute Gasteiger partial charge is 0.250 e. The third-order valence-corrected chi connectivity index (χ3v) is 1.23. The molecular weight excluding hydrogens is 166 g/mol. The molecule has 0 heterocycles. The van der Waals surface area contributed by atoms with Gasteiger partial charge in [-0.2, -0.15) is 5.26 Å². The van der Waals surface area contributed by atoms with Gasteiger partial charge in [0.05, 0.1) is 11.6 Å². The topological polar surface area (TPSA) is 92.9 Å². The molecule has 68 valence electrons. The van der Waals surface area contributed by atoms with Gasteiger partial charge in [-0.25, -0.2) is 0 Å². The summed E-state index contributed by atoms with van der Waals surface area (Å²) in [6.07, 6.45) is 0. The molecule has 1 rings (SSSR count). The van der Waals surface area contributed by atoms with Gasteiger partial charge >= 0.3 is 0 Å². The summed E-state index contributed by atoms with van der Waals surface area (Å²) in [4.78, 5) is 10.6. The van der Waals surface area contributed by atoms with E-state index in [1.807, 2.05) is 0 Å². The maximum Gasteiger partial charge on any atom is 0.250 e. The lowest BCUT2D eigenvalue weighted by Crippen LogP contribution is -2.12. The molecule has 0 aromatic heterocycles. The van der Waals surface area contributed by atoms with Crippen molar-refractivity contribution >= 4 is 11.6 Å². The first kappa shape index (κ1) is 11.0. The molecule has 0 aliphatic rings. The van der Waals surface area contributed by atoms with Gasteiger partial charge in [-0.3, -0.25) is 4.79 Å². The third-order valence-electron chi connectivity index (χ3n) is 1.23. The molecule has 0 saturated carbocycles. The second-order valence-corrected chi connectivity index (χ2v) is 2.18. The van der Waals surface area contributed by atoms with E-state index in [0.717, 1.165) is 0 Å². The van der Waals surface area contributed by atoms with Crippen LogP contribution in [-0.2, 0) is 0 Å². The summed E-state index contributed by atoms with van der Waals surface area (Å²) >= 11 is 0. The van der Waals surface area contributed by atoms with Crippen LogP contribution < -0.4 is 11.5 Å². The Hall–Kier alpha value is -2.02. The summed E-state index contributed by atoms with van der Waals surface area (Å²) in [5.74, 6) is -0.488. The van der Waals surface area contributed by atoms with Crippen LogP contribution in [0.2, 0.25) is 0 Å². The fourth-order valence-electron chi connectivity index (χ4n) is 0.721. The molecule has 4 N–H and O–H groups in total. The number of benzene rings is 1. The van der Waals surface area contributed by atoms with E-state index in [9.17, 15) is 4.79 Å². The van der Waals surface area contributed by atoms with Crippen molar-refractivity contribution in [2.75, 3.05) is 5.73 Å². The number of primary amides is 1. The van der Waals surface area contributed by atoms with Gasteiger partial charge in [-0.05, 0) is 12.1 Å². The van der Waals surface area contributed by atoms with Gasteiger partial charge in [0.2, 0.25) is 0 Å². The van der Waals surface area contributed by atoms with E-state index >= 15 is 0 Å². The molecule has 0 aliphatic heterocycles. The zero-order valence-corrected chi connectivity index (χ0v) is 7.32. The maximum absolute atomic E-state index is 10.6. The van der Waals surface area contributed by atoms with E-state index in [-0.39, 0.29) is 0 Å². The number of nitrogens with two attached hydrogens (primary N) is 2. The first-order valence-corrected chi connectivity index (χ1v) is 3.58. The molecule has 0 bridgehead atoms. The summed E-state index contributed by atoms with van der Waals surface area (Å²) < 4.78 is 0. The monoisotopic (exact) mass is 177 g/mol. The second kappa shape index (κ2) is 5.61. The quantitative estimate of drug-likeness (QED) is 0.624. The van der Waals surface area contributed by atoms with Gasteiger partial charge in [-0.1, -0.05) is 12.1 Å². The average molecular weight is 177 g/mol. The van der Waals surface area contributed by atoms with Gasteiger partial charge in [0.15, 0.2) is 0 Å². The highest BCUT2D eigenvalue weighted by molar-refractivity contribution is 5.97. The molecule has 1 aromatic carbocycles. The van der Waals surface area contributed by atoms with Gasteiger partial charge in [-0.15, -0.1) is 0 Å². The van der Waals surface area contributed by atoms with Crippen molar-refractivity contribution in [1.29, 1.82) is 5.26 Å². The number of nitrogens with zero attached hydrogens (tertiary/aromatic N) is 1. The van der Waals surface area contributed by atoms with Crippen LogP contribution in [0.3, 0.4) is 0 Å². The highest BCUT2D eigenvalue weighted by atomic mass is 16.1. The average Bonchev–Trinajstić information content (AvgIpc) is 2.06. The summed E-state index contributed by atoms with van der Waals surface area (Å²) in [7, 11) is 0. The van der Waals surface area contributed by atoms with E-state index in [2.05, 4.69) is 0 Å². The van der Waals surface area contributed by atoms with Crippen molar-refractivity contribution in [2.45, 2.75) is 6.92 Å². The Morgan fingerprint density at radius 3 is 2.23 bits per heavy atom. The first-order valence-electron chi connectivity index (χ1n) is 3.58. The summed E-state index contributed by atoms with van der Waals surface area (Å²) in [5, 5.41) is 7.32. The molecule has 1 amide bonds. The lowest BCUT2D eigenvalue weighted by Gasteiger charge is -1.97. The SMILES string of the molecule is CC#N.NC(=O)c1ccccc1N. The second-order valence-electron chi connectivity index (χ2n) is 2.18. The molecule has 0 fully saturated rings. The normalized spacial score (nSPS) is 7.69. The fraction of sp³-hybridized carbons (Fsp3) is 0.111. The van der Waals surface area contributed by atoms with Crippen LogP contribution >= 0.6 is 0 Å². The zero-order valence-electron chi connectivity index (χ0n) is 7.32. The molecule has 4 nitrogen and oxygen atoms in total. The summed E-state index contributed by atoms with van der Waals surface area (Å²) in [6.45, 7) is 1.43. The zero-order chi connectivity index (χ0) is 10.3. The molecule has 0 radical (unpaired) electrons. The highest BCUT2D eigenvalue weighted by Gasteiger charge is 2.01. The molecule has 1 aromatic rings. The van der Waals surface area contributed by atoms with E-state index in [4.69, 9.17) is 16.7 Å². The molecule has 0 unspecified atom stereocenters. The number of hydrogen-bond donors (Lipinski definition) is 2. The number of carbonyl (C=O) groups is 1. The van der Waals surface area contributed by atoms with Crippen LogP contribution in [0, 0.1) is 11.3 Å². The highest BCUT2D eigenvalue weighted by Crippen LogP contribution is 2.08. The Bertz CT molecular complexity index is 328. The Morgan fingerprint density at radius 1 is 1.46 bits per heavy atom. The van der Waals surface area contributed by atoms with Crippen molar-refractivity contribution in [3.8, 4) is 6.07 Å². The van der Waals surface area contributed by atoms with Crippen LogP contribution in [0.4, 0.5) is 5.69 Å². The Morgan fingerprint density at radius 2 is 1.92 bits per heavy atom. The molecule has 13 heavy (non-hydrogen) atoms. The van der Waals surface area contributed by atoms with Crippen LogP contribution in [0.25, 0.3) is 0 Å². The summed E-state index contributed by atoms with van der Waals surface area (Å²) in [6, 6.07) is 8.45. The Kier molecular flexibility index (Phi) is 4.74. The lowest BCUT2D eigenvalue weighted by atomic mass is 10.2. The number of para-hydroxylation sites is 1. The third kappa shape index (κ3) is 3.77. The van der Waals surface area contributed by atoms with Crippen LogP contribution in [0.1, 0.15) is 17.3 Å². The number of carbonyl (C=O) groups excluding carboxylic acids is 1. The van der Waals surface area contributed by atoms with Crippen LogP contribution in [0.15, 0.2) is 24.3 Å². The maximum atomic E-state index is 10.6. The van der Waals surface area contributed by atoms with Gasteiger partial charge in [0.1, 0.15) is 0 Å². The van der Waals surface area contributed by atoms with Crippen molar-refractivity contribution in [3.05, 3.63) is 29.8 Å². The Labute approximate surface area is 76.8 Å². The fourth-order valence-corrected chi connectivity index (χ4v) is 0.721. The molecular formula is C9H11N3O. The van der Waals surface area contributed by atoms with Crippen molar-refractivity contribution in [3.63, 3.8) is 0 Å². The standard InChI is InChI=1S/C7H8N2O.C2H3N/c8-6-4-2-1-3-5(6)7(9)10;1-2-3/h1-4H,8H2,(H2,9,10);1H3. The van der Waals surface area contributed by atoms with E-state index < -0.39 is 5.91 Å². The lowest BCUT2D eigenvalue weighted by molar-refractivity contribution is 0.100.